The molecule has 0 aliphatic rings. The lowest BCUT2D eigenvalue weighted by atomic mass is 10.1. The number of nitrogens with one attached hydrogen (secondary N) is 2. The summed E-state index contributed by atoms with van der Waals surface area (Å²) < 4.78 is 5.53. The minimum atomic E-state index is -0.882. The fourth-order valence-electron chi connectivity index (χ4n) is 1.54. The monoisotopic (exact) mass is 296 g/mol. The summed E-state index contributed by atoms with van der Waals surface area (Å²) in [6.07, 6.45) is 0. The van der Waals surface area contributed by atoms with E-state index in [2.05, 4.69) is 23.3 Å². The number of amides is 2. The molecule has 1 rings (SSSR count). The van der Waals surface area contributed by atoms with E-state index >= 15 is 0 Å². The highest BCUT2D eigenvalue weighted by Crippen LogP contribution is 2.22. The molecule has 0 bridgehead atoms. The Morgan fingerprint density at radius 2 is 1.90 bits per heavy atom. The van der Waals surface area contributed by atoms with Crippen molar-refractivity contribution in [2.45, 2.75) is 26.2 Å². The third-order valence-electron chi connectivity index (χ3n) is 2.82. The van der Waals surface area contributed by atoms with Gasteiger partial charge in [0.2, 0.25) is 11.3 Å². The van der Waals surface area contributed by atoms with E-state index < -0.39 is 5.44 Å². The van der Waals surface area contributed by atoms with Gasteiger partial charge in [-0.1, -0.05) is 12.1 Å². The zero-order chi connectivity index (χ0) is 15.1. The standard InChI is InChI=1S/C14H20N2O3S/c1-9-5-4-6-12(10(9)2)19-14(20)13(18)16-8-7-15-11(3)17/h4-6,14,20H,7-8H2,1-3H3,(H,15,17)(H,16,18). The highest BCUT2D eigenvalue weighted by Gasteiger charge is 2.16. The Morgan fingerprint density at radius 3 is 2.55 bits per heavy atom. The van der Waals surface area contributed by atoms with Crippen molar-refractivity contribution < 1.29 is 14.3 Å². The van der Waals surface area contributed by atoms with Gasteiger partial charge >= 0.3 is 0 Å². The van der Waals surface area contributed by atoms with Gasteiger partial charge in [0.1, 0.15) is 5.75 Å². The third kappa shape index (κ3) is 5.13. The molecular weight excluding hydrogens is 276 g/mol. The van der Waals surface area contributed by atoms with E-state index in [1.807, 2.05) is 26.0 Å². The summed E-state index contributed by atoms with van der Waals surface area (Å²) in [6, 6.07) is 5.65. The molecule has 0 radical (unpaired) electrons. The average molecular weight is 296 g/mol. The van der Waals surface area contributed by atoms with Crippen LogP contribution >= 0.6 is 12.6 Å². The van der Waals surface area contributed by atoms with Crippen molar-refractivity contribution in [2.75, 3.05) is 13.1 Å². The molecule has 0 aromatic heterocycles. The molecule has 6 heteroatoms. The van der Waals surface area contributed by atoms with Crippen molar-refractivity contribution in [1.29, 1.82) is 0 Å². The predicted octanol–water partition coefficient (Wildman–Crippen LogP) is 1.19. The molecular formula is C14H20N2O3S. The third-order valence-corrected chi connectivity index (χ3v) is 3.16. The van der Waals surface area contributed by atoms with Crippen molar-refractivity contribution in [3.05, 3.63) is 29.3 Å². The van der Waals surface area contributed by atoms with Gasteiger partial charge in [0, 0.05) is 20.0 Å². The maximum absolute atomic E-state index is 11.8. The van der Waals surface area contributed by atoms with Gasteiger partial charge in [0.05, 0.1) is 0 Å². The first-order chi connectivity index (χ1) is 9.41. The van der Waals surface area contributed by atoms with Crippen LogP contribution < -0.4 is 15.4 Å². The second-order valence-corrected chi connectivity index (χ2v) is 4.91. The van der Waals surface area contributed by atoms with Crippen LogP contribution in [-0.4, -0.2) is 30.3 Å². The first-order valence-corrected chi connectivity index (χ1v) is 6.86. The Labute approximate surface area is 124 Å². The Bertz CT molecular complexity index is 491. The van der Waals surface area contributed by atoms with E-state index in [0.717, 1.165) is 11.1 Å². The number of ether oxygens (including phenoxy) is 1. The lowest BCUT2D eigenvalue weighted by molar-refractivity contribution is -0.124. The summed E-state index contributed by atoms with van der Waals surface area (Å²) in [6.45, 7) is 6.05. The molecule has 1 atom stereocenters. The van der Waals surface area contributed by atoms with Gasteiger partial charge in [0.25, 0.3) is 5.91 Å². The highest BCUT2D eigenvalue weighted by molar-refractivity contribution is 7.81. The topological polar surface area (TPSA) is 67.4 Å². The summed E-state index contributed by atoms with van der Waals surface area (Å²) in [5.74, 6) is 0.176. The van der Waals surface area contributed by atoms with Crippen LogP contribution in [0.1, 0.15) is 18.1 Å². The lowest BCUT2D eigenvalue weighted by Crippen LogP contribution is -2.39. The summed E-state index contributed by atoms with van der Waals surface area (Å²) in [4.78, 5) is 22.4. The number of hydrogen-bond acceptors (Lipinski definition) is 4. The van der Waals surface area contributed by atoms with Crippen LogP contribution in [0.25, 0.3) is 0 Å². The average Bonchev–Trinajstić information content (AvgIpc) is 2.39. The van der Waals surface area contributed by atoms with Crippen LogP contribution in [0.4, 0.5) is 0 Å². The molecule has 1 aromatic carbocycles. The molecule has 20 heavy (non-hydrogen) atoms. The van der Waals surface area contributed by atoms with Gasteiger partial charge < -0.3 is 15.4 Å². The first kappa shape index (κ1) is 16.4. The Morgan fingerprint density at radius 1 is 1.25 bits per heavy atom. The number of carbonyl (C=O) groups is 2. The second-order valence-electron chi connectivity index (χ2n) is 4.44. The molecule has 1 unspecified atom stereocenters. The first-order valence-electron chi connectivity index (χ1n) is 6.35. The smallest absolute Gasteiger partial charge is 0.271 e. The number of thiol groups is 1. The van der Waals surface area contributed by atoms with Crippen molar-refractivity contribution in [3.63, 3.8) is 0 Å². The van der Waals surface area contributed by atoms with Crippen LogP contribution in [0.5, 0.6) is 5.75 Å². The Balaban J connectivity index is 2.45. The molecule has 5 nitrogen and oxygen atoms in total. The largest absolute Gasteiger partial charge is 0.470 e. The highest BCUT2D eigenvalue weighted by atomic mass is 32.1. The number of rotatable bonds is 6. The molecule has 0 saturated carbocycles. The molecule has 1 aromatic rings. The summed E-state index contributed by atoms with van der Waals surface area (Å²) in [5, 5.41) is 5.22. The SMILES string of the molecule is CC(=O)NCCNC(=O)C(S)Oc1cccc(C)c1C. The van der Waals surface area contributed by atoms with Gasteiger partial charge in [-0.2, -0.15) is 0 Å². The quantitative estimate of drug-likeness (QED) is 0.420. The maximum Gasteiger partial charge on any atom is 0.271 e. The zero-order valence-electron chi connectivity index (χ0n) is 11.9. The van der Waals surface area contributed by atoms with Crippen molar-refractivity contribution in [1.82, 2.24) is 10.6 Å². The molecule has 2 amide bonds. The second kappa shape index (κ2) is 7.79. The number of benzene rings is 1. The van der Waals surface area contributed by atoms with Gasteiger partial charge in [0.15, 0.2) is 0 Å². The minimum Gasteiger partial charge on any atom is -0.470 e. The molecule has 0 heterocycles. The van der Waals surface area contributed by atoms with Crippen molar-refractivity contribution in [2.24, 2.45) is 0 Å². The van der Waals surface area contributed by atoms with Crippen LogP contribution in [0, 0.1) is 13.8 Å². The molecule has 0 aliphatic heterocycles. The van der Waals surface area contributed by atoms with Gasteiger partial charge in [-0.05, 0) is 31.0 Å². The predicted molar refractivity (Wildman–Crippen MR) is 81.0 cm³/mol. The van der Waals surface area contributed by atoms with E-state index in [1.165, 1.54) is 6.92 Å². The number of carbonyl (C=O) groups excluding carboxylic acids is 2. The van der Waals surface area contributed by atoms with E-state index in [4.69, 9.17) is 4.74 Å². The van der Waals surface area contributed by atoms with Crippen molar-refractivity contribution >= 4 is 24.4 Å². The van der Waals surface area contributed by atoms with E-state index in [9.17, 15) is 9.59 Å². The fourth-order valence-corrected chi connectivity index (χ4v) is 1.74. The van der Waals surface area contributed by atoms with E-state index in [0.29, 0.717) is 18.8 Å². The fraction of sp³-hybridized carbons (Fsp3) is 0.429. The molecule has 110 valence electrons. The summed E-state index contributed by atoms with van der Waals surface area (Å²) in [5.41, 5.74) is 1.19. The summed E-state index contributed by atoms with van der Waals surface area (Å²) >= 11 is 4.14. The van der Waals surface area contributed by atoms with Gasteiger partial charge in [-0.3, -0.25) is 9.59 Å². The number of aryl methyl sites for hydroxylation is 1. The van der Waals surface area contributed by atoms with Crippen LogP contribution in [0.2, 0.25) is 0 Å². The minimum absolute atomic E-state index is 0.131. The number of hydrogen-bond donors (Lipinski definition) is 3. The van der Waals surface area contributed by atoms with E-state index in [-0.39, 0.29) is 11.8 Å². The molecule has 0 saturated heterocycles. The summed E-state index contributed by atoms with van der Waals surface area (Å²) in [7, 11) is 0. The molecule has 0 aliphatic carbocycles. The van der Waals surface area contributed by atoms with Crippen LogP contribution in [0.3, 0.4) is 0 Å². The molecule has 0 spiro atoms. The zero-order valence-corrected chi connectivity index (χ0v) is 12.8. The lowest BCUT2D eigenvalue weighted by Gasteiger charge is -2.16. The van der Waals surface area contributed by atoms with Crippen LogP contribution in [-0.2, 0) is 9.59 Å². The Hall–Kier alpha value is -1.69. The molecule has 0 fully saturated rings. The molecule has 2 N–H and O–H groups in total. The van der Waals surface area contributed by atoms with Crippen LogP contribution in [0.15, 0.2) is 18.2 Å². The van der Waals surface area contributed by atoms with E-state index in [1.54, 1.807) is 6.07 Å². The van der Waals surface area contributed by atoms with Gasteiger partial charge in [-0.25, -0.2) is 0 Å². The normalized spacial score (nSPS) is 11.6. The van der Waals surface area contributed by atoms with Gasteiger partial charge in [-0.15, -0.1) is 12.6 Å². The Kier molecular flexibility index (Phi) is 6.38. The maximum atomic E-state index is 11.8. The van der Waals surface area contributed by atoms with Crippen molar-refractivity contribution in [3.8, 4) is 5.75 Å².